The first-order valence-electron chi connectivity index (χ1n) is 7.34. The SMILES string of the molecule is C=CCOc1ccc(CNCC(CC)(CC)CO)cc1. The lowest BCUT2D eigenvalue weighted by atomic mass is 9.83. The number of ether oxygens (including phenoxy) is 1. The van der Waals surface area contributed by atoms with Gasteiger partial charge in [-0.25, -0.2) is 0 Å². The molecule has 1 aromatic rings. The fourth-order valence-electron chi connectivity index (χ4n) is 2.11. The van der Waals surface area contributed by atoms with Crippen molar-refractivity contribution in [1.82, 2.24) is 5.32 Å². The van der Waals surface area contributed by atoms with Crippen molar-refractivity contribution >= 4 is 0 Å². The van der Waals surface area contributed by atoms with E-state index in [0.717, 1.165) is 31.7 Å². The van der Waals surface area contributed by atoms with Crippen LogP contribution in [0.1, 0.15) is 32.3 Å². The molecule has 112 valence electrons. The molecule has 0 unspecified atom stereocenters. The van der Waals surface area contributed by atoms with Gasteiger partial charge in [-0.05, 0) is 30.5 Å². The average Bonchev–Trinajstić information content (AvgIpc) is 2.51. The molecule has 0 aliphatic heterocycles. The normalized spacial score (nSPS) is 11.3. The van der Waals surface area contributed by atoms with E-state index in [9.17, 15) is 5.11 Å². The van der Waals surface area contributed by atoms with Crippen molar-refractivity contribution in [3.05, 3.63) is 42.5 Å². The van der Waals surface area contributed by atoms with Crippen molar-refractivity contribution < 1.29 is 9.84 Å². The van der Waals surface area contributed by atoms with Crippen molar-refractivity contribution in [2.24, 2.45) is 5.41 Å². The lowest BCUT2D eigenvalue weighted by Crippen LogP contribution is -2.36. The third-order valence-electron chi connectivity index (χ3n) is 3.96. The van der Waals surface area contributed by atoms with Crippen LogP contribution < -0.4 is 10.1 Å². The van der Waals surface area contributed by atoms with E-state index in [1.807, 2.05) is 12.1 Å². The maximum Gasteiger partial charge on any atom is 0.119 e. The van der Waals surface area contributed by atoms with Gasteiger partial charge in [-0.2, -0.15) is 0 Å². The van der Waals surface area contributed by atoms with Crippen molar-refractivity contribution in [1.29, 1.82) is 0 Å². The van der Waals surface area contributed by atoms with Gasteiger partial charge < -0.3 is 15.2 Å². The molecule has 0 aromatic heterocycles. The van der Waals surface area contributed by atoms with Gasteiger partial charge in [-0.1, -0.05) is 38.6 Å². The summed E-state index contributed by atoms with van der Waals surface area (Å²) < 4.78 is 5.45. The molecule has 1 rings (SSSR count). The number of aliphatic hydroxyl groups is 1. The second-order valence-electron chi connectivity index (χ2n) is 5.21. The molecule has 2 N–H and O–H groups in total. The van der Waals surface area contributed by atoms with E-state index in [1.54, 1.807) is 6.08 Å². The van der Waals surface area contributed by atoms with E-state index in [4.69, 9.17) is 4.74 Å². The number of benzene rings is 1. The van der Waals surface area contributed by atoms with Gasteiger partial charge in [0.15, 0.2) is 0 Å². The molecule has 0 fully saturated rings. The van der Waals surface area contributed by atoms with Crippen LogP contribution >= 0.6 is 0 Å². The molecule has 0 saturated heterocycles. The van der Waals surface area contributed by atoms with E-state index in [-0.39, 0.29) is 12.0 Å². The van der Waals surface area contributed by atoms with Crippen LogP contribution in [0.5, 0.6) is 5.75 Å². The first kappa shape index (κ1) is 16.7. The van der Waals surface area contributed by atoms with Crippen molar-refractivity contribution in [2.45, 2.75) is 33.2 Å². The fourth-order valence-corrected chi connectivity index (χ4v) is 2.11. The molecule has 0 heterocycles. The van der Waals surface area contributed by atoms with Crippen molar-refractivity contribution in [2.75, 3.05) is 19.8 Å². The highest BCUT2D eigenvalue weighted by Crippen LogP contribution is 2.24. The summed E-state index contributed by atoms with van der Waals surface area (Å²) in [6.07, 6.45) is 3.71. The van der Waals surface area contributed by atoms with Crippen LogP contribution in [0.4, 0.5) is 0 Å². The zero-order valence-corrected chi connectivity index (χ0v) is 12.7. The first-order valence-corrected chi connectivity index (χ1v) is 7.34. The summed E-state index contributed by atoms with van der Waals surface area (Å²) in [5.74, 6) is 0.862. The van der Waals surface area contributed by atoms with Gasteiger partial charge in [-0.15, -0.1) is 0 Å². The molecule has 3 heteroatoms. The molecule has 3 nitrogen and oxygen atoms in total. The Morgan fingerprint density at radius 1 is 1.25 bits per heavy atom. The van der Waals surface area contributed by atoms with Crippen LogP contribution in [-0.2, 0) is 6.54 Å². The summed E-state index contributed by atoms with van der Waals surface area (Å²) in [7, 11) is 0. The molecular formula is C17H27NO2. The van der Waals surface area contributed by atoms with Crippen molar-refractivity contribution in [3.63, 3.8) is 0 Å². The van der Waals surface area contributed by atoms with Gasteiger partial charge in [-0.3, -0.25) is 0 Å². The van der Waals surface area contributed by atoms with E-state index in [0.29, 0.717) is 6.61 Å². The number of hydrogen-bond acceptors (Lipinski definition) is 3. The summed E-state index contributed by atoms with van der Waals surface area (Å²) in [5.41, 5.74) is 1.22. The Balaban J connectivity index is 2.43. The van der Waals surface area contributed by atoms with Crippen molar-refractivity contribution in [3.8, 4) is 5.75 Å². The Bertz CT molecular complexity index is 374. The smallest absolute Gasteiger partial charge is 0.119 e. The predicted molar refractivity (Wildman–Crippen MR) is 83.9 cm³/mol. The molecule has 0 saturated carbocycles. The molecule has 20 heavy (non-hydrogen) atoms. The molecule has 0 radical (unpaired) electrons. The maximum absolute atomic E-state index is 9.53. The second kappa shape index (κ2) is 8.77. The fraction of sp³-hybridized carbons (Fsp3) is 0.529. The van der Waals surface area contributed by atoms with E-state index in [2.05, 4.69) is 37.9 Å². The molecule has 0 amide bonds. The third-order valence-corrected chi connectivity index (χ3v) is 3.96. The van der Waals surface area contributed by atoms with Gasteiger partial charge in [0.2, 0.25) is 0 Å². The molecular weight excluding hydrogens is 250 g/mol. The number of hydrogen-bond donors (Lipinski definition) is 2. The van der Waals surface area contributed by atoms with E-state index < -0.39 is 0 Å². The van der Waals surface area contributed by atoms with Crippen LogP contribution in [0.3, 0.4) is 0 Å². The second-order valence-corrected chi connectivity index (χ2v) is 5.21. The lowest BCUT2D eigenvalue weighted by molar-refractivity contribution is 0.113. The zero-order chi connectivity index (χ0) is 14.8. The molecule has 0 spiro atoms. The standard InChI is InChI=1S/C17H27NO2/c1-4-11-20-16-9-7-15(8-10-16)12-18-13-17(5-2,6-3)14-19/h4,7-10,18-19H,1,5-6,11-14H2,2-3H3. The van der Waals surface area contributed by atoms with Crippen LogP contribution in [0.15, 0.2) is 36.9 Å². The van der Waals surface area contributed by atoms with Gasteiger partial charge >= 0.3 is 0 Å². The Morgan fingerprint density at radius 3 is 2.40 bits per heavy atom. The summed E-state index contributed by atoms with van der Waals surface area (Å²) in [4.78, 5) is 0. The summed E-state index contributed by atoms with van der Waals surface area (Å²) in [6.45, 7) is 10.3. The highest BCUT2D eigenvalue weighted by Gasteiger charge is 2.24. The Kier molecular flexibility index (Phi) is 7.34. The summed E-state index contributed by atoms with van der Waals surface area (Å²) in [6, 6.07) is 8.06. The van der Waals surface area contributed by atoms with E-state index in [1.165, 1.54) is 5.56 Å². The molecule has 0 bridgehead atoms. The lowest BCUT2D eigenvalue weighted by Gasteiger charge is -2.29. The molecule has 1 aromatic carbocycles. The van der Waals surface area contributed by atoms with Crippen LogP contribution in [-0.4, -0.2) is 24.9 Å². The Labute approximate surface area is 122 Å². The third kappa shape index (κ3) is 4.99. The molecule has 0 atom stereocenters. The highest BCUT2D eigenvalue weighted by atomic mass is 16.5. The van der Waals surface area contributed by atoms with Gasteiger partial charge in [0.1, 0.15) is 12.4 Å². The average molecular weight is 277 g/mol. The van der Waals surface area contributed by atoms with Crippen LogP contribution in [0.2, 0.25) is 0 Å². The van der Waals surface area contributed by atoms with Gasteiger partial charge in [0.25, 0.3) is 0 Å². The largest absolute Gasteiger partial charge is 0.490 e. The van der Waals surface area contributed by atoms with Crippen LogP contribution in [0.25, 0.3) is 0 Å². The monoisotopic (exact) mass is 277 g/mol. The minimum absolute atomic E-state index is 0.00696. The Hall–Kier alpha value is -1.32. The topological polar surface area (TPSA) is 41.5 Å². The first-order chi connectivity index (χ1) is 9.69. The number of aliphatic hydroxyl groups excluding tert-OH is 1. The van der Waals surface area contributed by atoms with Gasteiger partial charge in [0, 0.05) is 25.1 Å². The van der Waals surface area contributed by atoms with Crippen LogP contribution in [0, 0.1) is 5.41 Å². The van der Waals surface area contributed by atoms with E-state index >= 15 is 0 Å². The summed E-state index contributed by atoms with van der Waals surface area (Å²) in [5, 5.41) is 13.0. The number of nitrogens with one attached hydrogen (secondary N) is 1. The minimum Gasteiger partial charge on any atom is -0.490 e. The zero-order valence-electron chi connectivity index (χ0n) is 12.7. The quantitative estimate of drug-likeness (QED) is 0.646. The minimum atomic E-state index is 0.00696. The molecule has 0 aliphatic carbocycles. The maximum atomic E-state index is 9.53. The highest BCUT2D eigenvalue weighted by molar-refractivity contribution is 5.27. The summed E-state index contributed by atoms with van der Waals surface area (Å²) >= 11 is 0. The molecule has 0 aliphatic rings. The van der Waals surface area contributed by atoms with Gasteiger partial charge in [0.05, 0.1) is 0 Å². The Morgan fingerprint density at radius 2 is 1.90 bits per heavy atom. The number of rotatable bonds is 10. The predicted octanol–water partition coefficient (Wildman–Crippen LogP) is 3.14.